The minimum absolute atomic E-state index is 0.250. The van der Waals surface area contributed by atoms with Crippen LogP contribution >= 0.6 is 11.6 Å². The summed E-state index contributed by atoms with van der Waals surface area (Å²) >= 11 is 6.23. The maximum Gasteiger partial charge on any atom is 0.123 e. The number of benzene rings is 2. The van der Waals surface area contributed by atoms with E-state index < -0.39 is 0 Å². The van der Waals surface area contributed by atoms with Crippen molar-refractivity contribution in [3.8, 4) is 0 Å². The quantitative estimate of drug-likeness (QED) is 0.777. The molecule has 1 heterocycles. The summed E-state index contributed by atoms with van der Waals surface area (Å²) in [5.41, 5.74) is 8.57. The molecule has 0 saturated heterocycles. The monoisotopic (exact) mass is 288 g/mol. The standard InChI is InChI=1S/C16H14ClFN2/c17-15-10-20(16-4-2-1-3-14(15)16)9-12-7-13(18)6-5-11(12)8-19/h1-7,10H,8-9,19H2. The Morgan fingerprint density at radius 2 is 1.90 bits per heavy atom. The van der Waals surface area contributed by atoms with Crippen molar-refractivity contribution in [1.29, 1.82) is 0 Å². The van der Waals surface area contributed by atoms with E-state index >= 15 is 0 Å². The van der Waals surface area contributed by atoms with Gasteiger partial charge in [0.1, 0.15) is 5.82 Å². The molecule has 2 aromatic carbocycles. The number of nitrogens with zero attached hydrogens (tertiary/aromatic N) is 1. The third-order valence-corrected chi connectivity index (χ3v) is 3.77. The van der Waals surface area contributed by atoms with Crippen LogP contribution in [0.4, 0.5) is 4.39 Å². The van der Waals surface area contributed by atoms with Crippen molar-refractivity contribution < 1.29 is 4.39 Å². The molecule has 2 nitrogen and oxygen atoms in total. The number of rotatable bonds is 3. The molecule has 102 valence electrons. The van der Waals surface area contributed by atoms with E-state index in [9.17, 15) is 4.39 Å². The molecule has 0 saturated carbocycles. The Morgan fingerprint density at radius 1 is 1.10 bits per heavy atom. The predicted octanol–water partition coefficient (Wildman–Crippen LogP) is 3.94. The SMILES string of the molecule is NCc1ccc(F)cc1Cn1cc(Cl)c2ccccc21. The molecule has 0 aliphatic carbocycles. The predicted molar refractivity (Wildman–Crippen MR) is 80.3 cm³/mol. The van der Waals surface area contributed by atoms with E-state index in [2.05, 4.69) is 0 Å². The number of para-hydroxylation sites is 1. The number of hydrogen-bond donors (Lipinski definition) is 1. The van der Waals surface area contributed by atoms with Gasteiger partial charge in [-0.3, -0.25) is 0 Å². The summed E-state index contributed by atoms with van der Waals surface area (Å²) in [7, 11) is 0. The molecule has 2 N–H and O–H groups in total. The van der Waals surface area contributed by atoms with Crippen LogP contribution in [0.5, 0.6) is 0 Å². The topological polar surface area (TPSA) is 30.9 Å². The molecule has 0 fully saturated rings. The molecule has 0 aliphatic rings. The summed E-state index contributed by atoms with van der Waals surface area (Å²) in [4.78, 5) is 0. The van der Waals surface area contributed by atoms with Crippen LogP contribution in [0.25, 0.3) is 10.9 Å². The minimum Gasteiger partial charge on any atom is -0.341 e. The first-order valence-electron chi connectivity index (χ1n) is 6.40. The summed E-state index contributed by atoms with van der Waals surface area (Å²) in [5.74, 6) is -0.250. The summed E-state index contributed by atoms with van der Waals surface area (Å²) in [6.45, 7) is 0.945. The largest absolute Gasteiger partial charge is 0.341 e. The Morgan fingerprint density at radius 3 is 2.70 bits per heavy atom. The van der Waals surface area contributed by atoms with E-state index in [0.717, 1.165) is 22.0 Å². The van der Waals surface area contributed by atoms with Crippen LogP contribution < -0.4 is 5.73 Å². The third kappa shape index (κ3) is 2.30. The maximum atomic E-state index is 13.4. The molecular weight excluding hydrogens is 275 g/mol. The van der Waals surface area contributed by atoms with E-state index in [0.29, 0.717) is 18.1 Å². The zero-order chi connectivity index (χ0) is 14.1. The lowest BCUT2D eigenvalue weighted by Gasteiger charge is -2.10. The Hall–Kier alpha value is -1.84. The average Bonchev–Trinajstić information content (AvgIpc) is 2.76. The summed E-state index contributed by atoms with van der Waals surface area (Å²) in [5, 5.41) is 1.70. The fourth-order valence-electron chi connectivity index (χ4n) is 2.46. The van der Waals surface area contributed by atoms with Gasteiger partial charge in [0.2, 0.25) is 0 Å². The molecule has 0 spiro atoms. The first kappa shape index (κ1) is 13.2. The van der Waals surface area contributed by atoms with Crippen molar-refractivity contribution in [2.24, 2.45) is 5.73 Å². The van der Waals surface area contributed by atoms with Crippen molar-refractivity contribution in [3.63, 3.8) is 0 Å². The van der Waals surface area contributed by atoms with Crippen molar-refractivity contribution in [1.82, 2.24) is 4.57 Å². The van der Waals surface area contributed by atoms with Crippen molar-refractivity contribution in [2.45, 2.75) is 13.1 Å². The molecule has 4 heteroatoms. The number of hydrogen-bond acceptors (Lipinski definition) is 1. The van der Waals surface area contributed by atoms with Gasteiger partial charge in [0.05, 0.1) is 5.02 Å². The second-order valence-corrected chi connectivity index (χ2v) is 5.15. The van der Waals surface area contributed by atoms with Crippen molar-refractivity contribution in [2.75, 3.05) is 0 Å². The second kappa shape index (κ2) is 5.27. The lowest BCUT2D eigenvalue weighted by atomic mass is 10.1. The van der Waals surface area contributed by atoms with Crippen LogP contribution in [0.3, 0.4) is 0 Å². The lowest BCUT2D eigenvalue weighted by molar-refractivity contribution is 0.622. The molecule has 3 rings (SSSR count). The molecule has 0 atom stereocenters. The summed E-state index contributed by atoms with van der Waals surface area (Å²) in [6.07, 6.45) is 1.87. The first-order chi connectivity index (χ1) is 9.69. The fraction of sp³-hybridized carbons (Fsp3) is 0.125. The Kier molecular flexibility index (Phi) is 3.47. The highest BCUT2D eigenvalue weighted by Crippen LogP contribution is 2.26. The maximum absolute atomic E-state index is 13.4. The number of aromatic nitrogens is 1. The van der Waals surface area contributed by atoms with Gasteiger partial charge in [0.15, 0.2) is 0 Å². The number of halogens is 2. The molecule has 0 amide bonds. The van der Waals surface area contributed by atoms with Crippen LogP contribution in [0.2, 0.25) is 5.02 Å². The number of nitrogens with two attached hydrogens (primary N) is 1. The average molecular weight is 289 g/mol. The smallest absolute Gasteiger partial charge is 0.123 e. The van der Waals surface area contributed by atoms with Gasteiger partial charge in [0.25, 0.3) is 0 Å². The Labute approximate surface area is 121 Å². The molecule has 3 aromatic rings. The number of fused-ring (bicyclic) bond motifs is 1. The van der Waals surface area contributed by atoms with Gasteiger partial charge in [-0.2, -0.15) is 0 Å². The van der Waals surface area contributed by atoms with E-state index in [4.69, 9.17) is 17.3 Å². The first-order valence-corrected chi connectivity index (χ1v) is 6.77. The highest BCUT2D eigenvalue weighted by Gasteiger charge is 2.09. The van der Waals surface area contributed by atoms with Crippen LogP contribution in [-0.4, -0.2) is 4.57 Å². The molecule has 0 radical (unpaired) electrons. The Bertz CT molecular complexity index is 764. The summed E-state index contributed by atoms with van der Waals surface area (Å²) in [6, 6.07) is 12.6. The van der Waals surface area contributed by atoms with Gasteiger partial charge in [-0.1, -0.05) is 35.9 Å². The van der Waals surface area contributed by atoms with Gasteiger partial charge in [-0.25, -0.2) is 4.39 Å². The fourth-order valence-corrected chi connectivity index (χ4v) is 2.73. The summed E-state index contributed by atoms with van der Waals surface area (Å²) < 4.78 is 15.4. The van der Waals surface area contributed by atoms with Crippen molar-refractivity contribution >= 4 is 22.5 Å². The highest BCUT2D eigenvalue weighted by atomic mass is 35.5. The van der Waals surface area contributed by atoms with Gasteiger partial charge in [-0.05, 0) is 29.3 Å². The van der Waals surface area contributed by atoms with E-state index in [1.165, 1.54) is 12.1 Å². The molecule has 0 aliphatic heterocycles. The van der Waals surface area contributed by atoms with Crippen LogP contribution in [0, 0.1) is 5.82 Å². The molecule has 0 unspecified atom stereocenters. The zero-order valence-corrected chi connectivity index (χ0v) is 11.6. The van der Waals surface area contributed by atoms with E-state index in [-0.39, 0.29) is 5.82 Å². The van der Waals surface area contributed by atoms with Crippen LogP contribution in [-0.2, 0) is 13.1 Å². The van der Waals surface area contributed by atoms with Gasteiger partial charge in [0, 0.05) is 30.2 Å². The van der Waals surface area contributed by atoms with Gasteiger partial charge >= 0.3 is 0 Å². The highest BCUT2D eigenvalue weighted by molar-refractivity contribution is 6.35. The minimum atomic E-state index is -0.250. The van der Waals surface area contributed by atoms with E-state index in [1.807, 2.05) is 35.0 Å². The molecule has 1 aromatic heterocycles. The van der Waals surface area contributed by atoms with Crippen LogP contribution in [0.1, 0.15) is 11.1 Å². The van der Waals surface area contributed by atoms with Crippen molar-refractivity contribution in [3.05, 3.63) is 70.6 Å². The lowest BCUT2D eigenvalue weighted by Crippen LogP contribution is -2.06. The van der Waals surface area contributed by atoms with Crippen LogP contribution in [0.15, 0.2) is 48.7 Å². The molecule has 0 bridgehead atoms. The zero-order valence-electron chi connectivity index (χ0n) is 10.8. The second-order valence-electron chi connectivity index (χ2n) is 4.74. The van der Waals surface area contributed by atoms with Gasteiger partial charge < -0.3 is 10.3 Å². The third-order valence-electron chi connectivity index (χ3n) is 3.47. The normalized spacial score (nSPS) is 11.2. The molecular formula is C16H14ClFN2. The Balaban J connectivity index is 2.08. The van der Waals surface area contributed by atoms with Gasteiger partial charge in [-0.15, -0.1) is 0 Å². The molecule has 20 heavy (non-hydrogen) atoms. The van der Waals surface area contributed by atoms with E-state index in [1.54, 1.807) is 6.07 Å².